The van der Waals surface area contributed by atoms with Gasteiger partial charge in [-0.3, -0.25) is 9.80 Å². The van der Waals surface area contributed by atoms with Crippen molar-refractivity contribution in [2.75, 3.05) is 39.8 Å². The van der Waals surface area contributed by atoms with E-state index in [1.165, 1.54) is 9.21 Å². The van der Waals surface area contributed by atoms with Crippen molar-refractivity contribution in [2.24, 2.45) is 0 Å². The summed E-state index contributed by atoms with van der Waals surface area (Å²) >= 11 is 0. The molecule has 0 spiro atoms. The van der Waals surface area contributed by atoms with Gasteiger partial charge in [-0.25, -0.2) is 18.0 Å². The van der Waals surface area contributed by atoms with Gasteiger partial charge in [-0.1, -0.05) is 42.5 Å². The third-order valence-electron chi connectivity index (χ3n) is 6.95. The van der Waals surface area contributed by atoms with Crippen LogP contribution in [-0.2, 0) is 19.6 Å². The number of ether oxygens (including phenoxy) is 1. The lowest BCUT2D eigenvalue weighted by Crippen LogP contribution is -2.56. The van der Waals surface area contributed by atoms with Crippen LogP contribution in [0.1, 0.15) is 31.0 Å². The molecule has 9 nitrogen and oxygen atoms in total. The fraction of sp³-hybridized carbons (Fsp3) is 0.407. The molecule has 1 N–H and O–H groups in total. The highest BCUT2D eigenvalue weighted by molar-refractivity contribution is 7.89. The molecule has 2 aliphatic rings. The maximum atomic E-state index is 13.2. The monoisotopic (exact) mass is 526 g/mol. The number of nitrogens with one attached hydrogen (secondary N) is 1. The Morgan fingerprint density at radius 2 is 1.76 bits per heavy atom. The summed E-state index contributed by atoms with van der Waals surface area (Å²) in [7, 11) is -1.99. The van der Waals surface area contributed by atoms with E-state index in [1.807, 2.05) is 38.1 Å². The van der Waals surface area contributed by atoms with E-state index in [0.717, 1.165) is 11.1 Å². The summed E-state index contributed by atoms with van der Waals surface area (Å²) < 4.78 is 33.4. The van der Waals surface area contributed by atoms with Gasteiger partial charge in [0.15, 0.2) is 0 Å². The molecule has 2 heterocycles. The zero-order valence-electron chi connectivity index (χ0n) is 21.7. The van der Waals surface area contributed by atoms with Crippen LogP contribution in [-0.4, -0.2) is 80.4 Å². The Morgan fingerprint density at radius 3 is 2.41 bits per heavy atom. The van der Waals surface area contributed by atoms with Crippen LogP contribution in [0, 0.1) is 6.92 Å². The van der Waals surface area contributed by atoms with Gasteiger partial charge in [0.2, 0.25) is 10.0 Å². The quantitative estimate of drug-likeness (QED) is 0.557. The fourth-order valence-electron chi connectivity index (χ4n) is 5.00. The van der Waals surface area contributed by atoms with Crippen LogP contribution in [0.25, 0.3) is 0 Å². The van der Waals surface area contributed by atoms with Crippen molar-refractivity contribution in [3.05, 3.63) is 77.0 Å². The van der Waals surface area contributed by atoms with Crippen LogP contribution < -0.4 is 5.32 Å². The smallest absolute Gasteiger partial charge is 0.338 e. The van der Waals surface area contributed by atoms with E-state index in [2.05, 4.69) is 10.2 Å². The summed E-state index contributed by atoms with van der Waals surface area (Å²) in [6.07, 6.45) is 0. The van der Waals surface area contributed by atoms with E-state index in [4.69, 9.17) is 4.74 Å². The molecule has 198 valence electrons. The maximum absolute atomic E-state index is 13.2. The van der Waals surface area contributed by atoms with Gasteiger partial charge in [0.05, 0.1) is 23.1 Å². The minimum absolute atomic E-state index is 0.209. The molecule has 2 atom stereocenters. The third-order valence-corrected chi connectivity index (χ3v) is 8.97. The van der Waals surface area contributed by atoms with Crippen molar-refractivity contribution in [1.29, 1.82) is 0 Å². The van der Waals surface area contributed by atoms with Crippen LogP contribution in [0.15, 0.2) is 70.8 Å². The number of likely N-dealkylation sites (N-methyl/N-ethyl adjacent to an activating group) is 1. The summed E-state index contributed by atoms with van der Waals surface area (Å²) in [6.45, 7) is 7.30. The zero-order chi connectivity index (χ0) is 26.7. The summed E-state index contributed by atoms with van der Waals surface area (Å²) in [4.78, 5) is 30.0. The lowest BCUT2D eigenvalue weighted by Gasteiger charge is -2.41. The second kappa shape index (κ2) is 11.0. The van der Waals surface area contributed by atoms with Crippen LogP contribution in [0.3, 0.4) is 0 Å². The molecule has 0 aromatic heterocycles. The van der Waals surface area contributed by atoms with E-state index in [1.54, 1.807) is 44.3 Å². The molecule has 0 saturated carbocycles. The number of hydrogen-bond donors (Lipinski definition) is 1. The number of carbonyl (C=O) groups excluding carboxylic acids is 2. The first-order chi connectivity index (χ1) is 17.6. The van der Waals surface area contributed by atoms with Gasteiger partial charge in [-0.2, -0.15) is 4.31 Å². The number of sulfonamides is 1. The number of hydrogen-bond acceptors (Lipinski definition) is 6. The maximum Gasteiger partial charge on any atom is 0.338 e. The van der Waals surface area contributed by atoms with Gasteiger partial charge < -0.3 is 10.1 Å². The molecule has 1 fully saturated rings. The number of nitrogens with zero attached hydrogens (tertiary/aromatic N) is 3. The van der Waals surface area contributed by atoms with Crippen LogP contribution in [0.5, 0.6) is 0 Å². The largest absolute Gasteiger partial charge is 0.463 e. The van der Waals surface area contributed by atoms with Crippen molar-refractivity contribution in [3.63, 3.8) is 0 Å². The summed E-state index contributed by atoms with van der Waals surface area (Å²) in [5.41, 5.74) is 2.73. The molecule has 2 amide bonds. The van der Waals surface area contributed by atoms with E-state index < -0.39 is 22.0 Å². The van der Waals surface area contributed by atoms with Gasteiger partial charge in [0, 0.05) is 45.0 Å². The number of rotatable bonds is 7. The minimum atomic E-state index is -3.62. The first-order valence-corrected chi connectivity index (χ1v) is 13.9. The van der Waals surface area contributed by atoms with E-state index in [-0.39, 0.29) is 23.6 Å². The summed E-state index contributed by atoms with van der Waals surface area (Å²) in [5, 5.41) is 2.96. The molecule has 1 saturated heterocycles. The van der Waals surface area contributed by atoms with Crippen molar-refractivity contribution in [2.45, 2.75) is 37.8 Å². The second-order valence-corrected chi connectivity index (χ2v) is 11.3. The predicted molar refractivity (Wildman–Crippen MR) is 140 cm³/mol. The number of urea groups is 1. The molecule has 37 heavy (non-hydrogen) atoms. The van der Waals surface area contributed by atoms with Gasteiger partial charge in [-0.15, -0.1) is 0 Å². The zero-order valence-corrected chi connectivity index (χ0v) is 22.5. The molecule has 0 aliphatic carbocycles. The highest BCUT2D eigenvalue weighted by atomic mass is 32.2. The molecule has 2 aromatic rings. The van der Waals surface area contributed by atoms with Crippen molar-refractivity contribution in [3.8, 4) is 0 Å². The topological polar surface area (TPSA) is 99.3 Å². The minimum Gasteiger partial charge on any atom is -0.463 e. The lowest BCUT2D eigenvalue weighted by atomic mass is 9.91. The van der Waals surface area contributed by atoms with Crippen molar-refractivity contribution in [1.82, 2.24) is 19.4 Å². The molecule has 4 rings (SSSR count). The Morgan fingerprint density at radius 1 is 1.08 bits per heavy atom. The number of aryl methyl sites for hydroxylation is 1. The number of amides is 2. The SMILES string of the molecule is CCOC(=O)C1=C(CN2CCN(S(=O)(=O)c3ccccc3)[C@H](C)C2)N(C)C(=O)N[C@@H]1c1ccccc1C. The van der Waals surface area contributed by atoms with Crippen molar-refractivity contribution < 1.29 is 22.7 Å². The van der Waals surface area contributed by atoms with Crippen LogP contribution in [0.2, 0.25) is 0 Å². The first-order valence-electron chi connectivity index (χ1n) is 12.4. The van der Waals surface area contributed by atoms with Gasteiger partial charge in [0.25, 0.3) is 0 Å². The van der Waals surface area contributed by atoms with Crippen LogP contribution >= 0.6 is 0 Å². The third kappa shape index (κ3) is 5.41. The number of carbonyl (C=O) groups is 2. The Labute approximate surface area is 218 Å². The molecule has 0 bridgehead atoms. The number of esters is 1. The molecule has 2 aromatic carbocycles. The number of benzene rings is 2. The van der Waals surface area contributed by atoms with E-state index in [0.29, 0.717) is 37.4 Å². The summed E-state index contributed by atoms with van der Waals surface area (Å²) in [6, 6.07) is 14.8. The van der Waals surface area contributed by atoms with Gasteiger partial charge in [-0.05, 0) is 44.0 Å². The normalized spacial score (nSPS) is 21.6. The fourth-order valence-corrected chi connectivity index (χ4v) is 6.63. The second-order valence-electron chi connectivity index (χ2n) is 9.39. The highest BCUT2D eigenvalue weighted by Gasteiger charge is 2.39. The average molecular weight is 527 g/mol. The molecular formula is C27H34N4O5S. The highest BCUT2D eigenvalue weighted by Crippen LogP contribution is 2.33. The first kappa shape index (κ1) is 26.8. The molecule has 0 unspecified atom stereocenters. The number of piperazine rings is 1. The molecular weight excluding hydrogens is 492 g/mol. The van der Waals surface area contributed by atoms with Gasteiger partial charge in [0.1, 0.15) is 0 Å². The average Bonchev–Trinajstić information content (AvgIpc) is 2.87. The summed E-state index contributed by atoms with van der Waals surface area (Å²) in [5.74, 6) is -0.476. The van der Waals surface area contributed by atoms with Crippen molar-refractivity contribution >= 4 is 22.0 Å². The van der Waals surface area contributed by atoms with E-state index >= 15 is 0 Å². The van der Waals surface area contributed by atoms with E-state index in [9.17, 15) is 18.0 Å². The van der Waals surface area contributed by atoms with Crippen LogP contribution in [0.4, 0.5) is 4.79 Å². The molecule has 0 radical (unpaired) electrons. The Kier molecular flexibility index (Phi) is 8.01. The predicted octanol–water partition coefficient (Wildman–Crippen LogP) is 2.90. The standard InChI is InChI=1S/C27H34N4O5S/c1-5-36-26(32)24-23(29(4)27(33)28-25(24)22-14-10-9-11-19(22)2)18-30-15-16-31(20(3)17-30)37(34,35)21-12-7-6-8-13-21/h6-14,20,25H,5,15-18H2,1-4H3,(H,28,33)/t20-,25-/m1/s1. The molecule has 10 heteroatoms. The van der Waals surface area contributed by atoms with Gasteiger partial charge >= 0.3 is 12.0 Å². The Balaban J connectivity index is 1.64. The lowest BCUT2D eigenvalue weighted by molar-refractivity contribution is -0.139. The molecule has 2 aliphatic heterocycles. The Bertz CT molecular complexity index is 1290. The Hall–Kier alpha value is -3.21.